The molecule has 0 saturated heterocycles. The molecule has 6 heteroatoms. The van der Waals surface area contributed by atoms with Gasteiger partial charge in [-0.05, 0) is 42.0 Å². The molecule has 0 aliphatic carbocycles. The van der Waals surface area contributed by atoms with Gasteiger partial charge >= 0.3 is 0 Å². The highest BCUT2D eigenvalue weighted by atomic mass is 35.5. The Kier molecular flexibility index (Phi) is 4.76. The first-order valence-corrected chi connectivity index (χ1v) is 8.00. The number of carbonyl (C=O) groups excluding carboxylic acids is 1. The molecule has 0 saturated carbocycles. The number of nitrogens with one attached hydrogen (secondary N) is 1. The van der Waals surface area contributed by atoms with Crippen LogP contribution < -0.4 is 14.8 Å². The lowest BCUT2D eigenvalue weighted by Gasteiger charge is -2.15. The standard InChI is InChI=1S/C19H17ClN2O3/c1-11(23)22-16-6-5-14-13(8-9-21-18(14)19(16)25-3)15-10-12(20)4-7-17(15)24-2/h4-10H,1-3H3,(H,22,23). The molecule has 0 aliphatic rings. The summed E-state index contributed by atoms with van der Waals surface area (Å²) in [5.41, 5.74) is 2.99. The largest absolute Gasteiger partial charge is 0.496 e. The SMILES string of the molecule is COc1ccc(Cl)cc1-c1ccnc2c(OC)c(NC(C)=O)ccc12. The zero-order chi connectivity index (χ0) is 18.0. The maximum absolute atomic E-state index is 11.4. The number of aromatic nitrogens is 1. The van der Waals surface area contributed by atoms with Crippen LogP contribution in [0.4, 0.5) is 5.69 Å². The van der Waals surface area contributed by atoms with Gasteiger partial charge in [0.25, 0.3) is 0 Å². The van der Waals surface area contributed by atoms with Gasteiger partial charge < -0.3 is 14.8 Å². The van der Waals surface area contributed by atoms with E-state index in [9.17, 15) is 4.79 Å². The fraction of sp³-hybridized carbons (Fsp3) is 0.158. The van der Waals surface area contributed by atoms with Gasteiger partial charge in [0, 0.05) is 29.1 Å². The lowest BCUT2D eigenvalue weighted by atomic mass is 9.99. The number of halogens is 1. The molecule has 1 aromatic heterocycles. The quantitative estimate of drug-likeness (QED) is 0.746. The molecule has 0 bridgehead atoms. The molecule has 1 heterocycles. The van der Waals surface area contributed by atoms with Crippen molar-refractivity contribution in [3.8, 4) is 22.6 Å². The van der Waals surface area contributed by atoms with Crippen LogP contribution in [-0.2, 0) is 4.79 Å². The Labute approximate surface area is 150 Å². The third-order valence-electron chi connectivity index (χ3n) is 3.83. The molecule has 0 radical (unpaired) electrons. The summed E-state index contributed by atoms with van der Waals surface area (Å²) >= 11 is 6.17. The number of carbonyl (C=O) groups is 1. The molecule has 5 nitrogen and oxygen atoms in total. The highest BCUT2D eigenvalue weighted by Crippen LogP contribution is 2.40. The second-order valence-corrected chi connectivity index (χ2v) is 5.86. The van der Waals surface area contributed by atoms with E-state index in [0.29, 0.717) is 27.7 Å². The van der Waals surface area contributed by atoms with Crippen molar-refractivity contribution >= 4 is 34.1 Å². The molecule has 2 aromatic carbocycles. The molecule has 0 fully saturated rings. The van der Waals surface area contributed by atoms with Gasteiger partial charge in [0.1, 0.15) is 11.3 Å². The molecule has 25 heavy (non-hydrogen) atoms. The molecule has 3 aromatic rings. The fourth-order valence-electron chi connectivity index (χ4n) is 2.81. The van der Waals surface area contributed by atoms with E-state index in [1.165, 1.54) is 6.92 Å². The van der Waals surface area contributed by atoms with Crippen LogP contribution in [0.25, 0.3) is 22.0 Å². The Balaban J connectivity index is 2.29. The molecule has 0 aliphatic heterocycles. The summed E-state index contributed by atoms with van der Waals surface area (Å²) in [6, 6.07) is 11.0. The van der Waals surface area contributed by atoms with E-state index in [4.69, 9.17) is 21.1 Å². The summed E-state index contributed by atoms with van der Waals surface area (Å²) in [4.78, 5) is 15.8. The third-order valence-corrected chi connectivity index (χ3v) is 4.07. The van der Waals surface area contributed by atoms with Crippen molar-refractivity contribution in [2.45, 2.75) is 6.92 Å². The van der Waals surface area contributed by atoms with Crippen LogP contribution in [0.2, 0.25) is 5.02 Å². The number of pyridine rings is 1. The normalized spacial score (nSPS) is 10.6. The monoisotopic (exact) mass is 356 g/mol. The van der Waals surface area contributed by atoms with E-state index >= 15 is 0 Å². The van der Waals surface area contributed by atoms with Crippen molar-refractivity contribution in [2.75, 3.05) is 19.5 Å². The number of hydrogen-bond donors (Lipinski definition) is 1. The van der Waals surface area contributed by atoms with Crippen molar-refractivity contribution in [2.24, 2.45) is 0 Å². The summed E-state index contributed by atoms with van der Waals surface area (Å²) < 4.78 is 11.0. The lowest BCUT2D eigenvalue weighted by molar-refractivity contribution is -0.114. The highest BCUT2D eigenvalue weighted by Gasteiger charge is 2.16. The molecule has 0 spiro atoms. The minimum Gasteiger partial charge on any atom is -0.496 e. The highest BCUT2D eigenvalue weighted by molar-refractivity contribution is 6.31. The van der Waals surface area contributed by atoms with Crippen LogP contribution in [0, 0.1) is 0 Å². The van der Waals surface area contributed by atoms with Gasteiger partial charge in [0.15, 0.2) is 5.75 Å². The van der Waals surface area contributed by atoms with Crippen molar-refractivity contribution < 1.29 is 14.3 Å². The summed E-state index contributed by atoms with van der Waals surface area (Å²) in [5.74, 6) is 1.04. The number of nitrogens with zero attached hydrogens (tertiary/aromatic N) is 1. The van der Waals surface area contributed by atoms with Crippen LogP contribution in [0.5, 0.6) is 11.5 Å². The Morgan fingerprint density at radius 1 is 1.08 bits per heavy atom. The lowest BCUT2D eigenvalue weighted by Crippen LogP contribution is -2.07. The van der Waals surface area contributed by atoms with E-state index in [1.807, 2.05) is 24.3 Å². The Hall–Kier alpha value is -2.79. The smallest absolute Gasteiger partial charge is 0.221 e. The first-order valence-electron chi connectivity index (χ1n) is 7.62. The van der Waals surface area contributed by atoms with Crippen LogP contribution in [0.3, 0.4) is 0 Å². The number of hydrogen-bond acceptors (Lipinski definition) is 4. The number of methoxy groups -OCH3 is 2. The average molecular weight is 357 g/mol. The van der Waals surface area contributed by atoms with Crippen molar-refractivity contribution in [3.63, 3.8) is 0 Å². The number of amides is 1. The van der Waals surface area contributed by atoms with E-state index in [0.717, 1.165) is 16.5 Å². The predicted molar refractivity (Wildman–Crippen MR) is 99.6 cm³/mol. The molecule has 3 rings (SSSR count). The van der Waals surface area contributed by atoms with Gasteiger partial charge in [-0.15, -0.1) is 0 Å². The van der Waals surface area contributed by atoms with E-state index in [2.05, 4.69) is 10.3 Å². The third kappa shape index (κ3) is 3.23. The first-order chi connectivity index (χ1) is 12.0. The van der Waals surface area contributed by atoms with Gasteiger partial charge in [0.05, 0.1) is 19.9 Å². The number of benzene rings is 2. The summed E-state index contributed by atoms with van der Waals surface area (Å²) in [5, 5.41) is 4.24. The Morgan fingerprint density at radius 3 is 2.56 bits per heavy atom. The zero-order valence-corrected chi connectivity index (χ0v) is 14.8. The first kappa shape index (κ1) is 17.0. The van der Waals surface area contributed by atoms with E-state index in [-0.39, 0.29) is 5.91 Å². The molecular formula is C19H17ClN2O3. The summed E-state index contributed by atoms with van der Waals surface area (Å²) in [6.07, 6.45) is 1.69. The zero-order valence-electron chi connectivity index (χ0n) is 14.1. The minimum atomic E-state index is -0.176. The molecule has 1 N–H and O–H groups in total. The number of ether oxygens (including phenoxy) is 2. The van der Waals surface area contributed by atoms with Crippen LogP contribution >= 0.6 is 11.6 Å². The summed E-state index contributed by atoms with van der Waals surface area (Å²) in [6.45, 7) is 1.45. The Morgan fingerprint density at radius 2 is 1.88 bits per heavy atom. The molecular weight excluding hydrogens is 340 g/mol. The average Bonchev–Trinajstić information content (AvgIpc) is 2.60. The molecule has 0 atom stereocenters. The van der Waals surface area contributed by atoms with Crippen molar-refractivity contribution in [1.29, 1.82) is 0 Å². The van der Waals surface area contributed by atoms with Crippen LogP contribution in [0.15, 0.2) is 42.6 Å². The molecule has 1 amide bonds. The van der Waals surface area contributed by atoms with Gasteiger partial charge in [-0.25, -0.2) is 0 Å². The van der Waals surface area contributed by atoms with E-state index in [1.54, 1.807) is 32.5 Å². The maximum Gasteiger partial charge on any atom is 0.221 e. The van der Waals surface area contributed by atoms with Gasteiger partial charge in [0.2, 0.25) is 5.91 Å². The number of anilines is 1. The van der Waals surface area contributed by atoms with Gasteiger partial charge in [-0.3, -0.25) is 9.78 Å². The maximum atomic E-state index is 11.4. The van der Waals surface area contributed by atoms with Gasteiger partial charge in [-0.1, -0.05) is 11.6 Å². The predicted octanol–water partition coefficient (Wildman–Crippen LogP) is 4.53. The van der Waals surface area contributed by atoms with E-state index < -0.39 is 0 Å². The van der Waals surface area contributed by atoms with Crippen LogP contribution in [0.1, 0.15) is 6.92 Å². The summed E-state index contributed by atoms with van der Waals surface area (Å²) in [7, 11) is 3.17. The second kappa shape index (κ2) is 6.99. The topological polar surface area (TPSA) is 60.5 Å². The molecule has 128 valence electrons. The van der Waals surface area contributed by atoms with Crippen molar-refractivity contribution in [1.82, 2.24) is 4.98 Å². The minimum absolute atomic E-state index is 0.176. The fourth-order valence-corrected chi connectivity index (χ4v) is 2.99. The second-order valence-electron chi connectivity index (χ2n) is 5.43. The number of rotatable bonds is 4. The van der Waals surface area contributed by atoms with Gasteiger partial charge in [-0.2, -0.15) is 0 Å². The van der Waals surface area contributed by atoms with Crippen LogP contribution in [-0.4, -0.2) is 25.1 Å². The van der Waals surface area contributed by atoms with Crippen molar-refractivity contribution in [3.05, 3.63) is 47.6 Å². The molecule has 0 unspecified atom stereocenters. The number of fused-ring (bicyclic) bond motifs is 1. The Bertz CT molecular complexity index is 957.